The van der Waals surface area contributed by atoms with Crippen molar-refractivity contribution in [3.63, 3.8) is 0 Å². The number of benzene rings is 2. The van der Waals surface area contributed by atoms with Crippen LogP contribution in [0.5, 0.6) is 11.6 Å². The molecule has 0 N–H and O–H groups in total. The van der Waals surface area contributed by atoms with Gasteiger partial charge in [0.05, 0.1) is 18.7 Å². The van der Waals surface area contributed by atoms with E-state index < -0.39 is 0 Å². The third kappa shape index (κ3) is 5.52. The van der Waals surface area contributed by atoms with E-state index in [1.807, 2.05) is 87.3 Å². The normalized spacial score (nSPS) is 11.0. The molecule has 0 saturated heterocycles. The van der Waals surface area contributed by atoms with Crippen LogP contribution in [0.1, 0.15) is 25.0 Å². The predicted molar refractivity (Wildman–Crippen MR) is 122 cm³/mol. The fourth-order valence-corrected chi connectivity index (χ4v) is 3.47. The van der Waals surface area contributed by atoms with Gasteiger partial charge in [-0.05, 0) is 24.6 Å². The van der Waals surface area contributed by atoms with Crippen LogP contribution in [0.4, 0.5) is 0 Å². The molecule has 2 aromatic carbocycles. The van der Waals surface area contributed by atoms with E-state index in [-0.39, 0.29) is 11.8 Å². The molecule has 3 aromatic rings. The summed E-state index contributed by atoms with van der Waals surface area (Å²) in [6.45, 7) is 7.20. The van der Waals surface area contributed by atoms with Crippen LogP contribution in [0.25, 0.3) is 11.3 Å². The molecule has 3 rings (SSSR count). The first-order valence-corrected chi connectivity index (χ1v) is 10.5. The Morgan fingerprint density at radius 3 is 2.52 bits per heavy atom. The van der Waals surface area contributed by atoms with Gasteiger partial charge in [-0.2, -0.15) is 5.10 Å². The zero-order valence-corrected chi connectivity index (χ0v) is 19.0. The van der Waals surface area contributed by atoms with E-state index in [9.17, 15) is 4.79 Å². The highest BCUT2D eigenvalue weighted by Gasteiger charge is 2.25. The third-order valence-electron chi connectivity index (χ3n) is 5.06. The Hall–Kier alpha value is -3.12. The lowest BCUT2D eigenvalue weighted by atomic mass is 10.1. The van der Waals surface area contributed by atoms with Gasteiger partial charge < -0.3 is 14.4 Å². The molecule has 0 aliphatic heterocycles. The number of rotatable bonds is 9. The second-order valence-corrected chi connectivity index (χ2v) is 7.95. The highest BCUT2D eigenvalue weighted by Crippen LogP contribution is 2.34. The van der Waals surface area contributed by atoms with E-state index in [1.54, 1.807) is 11.8 Å². The van der Waals surface area contributed by atoms with Crippen molar-refractivity contribution >= 4 is 5.91 Å². The molecule has 0 bridgehead atoms. The number of hydrogen-bond donors (Lipinski definition) is 0. The number of carbonyl (C=O) groups is 1. The van der Waals surface area contributed by atoms with Crippen LogP contribution in [-0.2, 0) is 23.1 Å². The van der Waals surface area contributed by atoms with Crippen molar-refractivity contribution in [3.8, 4) is 22.9 Å². The highest BCUT2D eigenvalue weighted by atomic mass is 16.5. The summed E-state index contributed by atoms with van der Waals surface area (Å²) in [7, 11) is 3.51. The lowest BCUT2D eigenvalue weighted by Gasteiger charge is -2.25. The topological polar surface area (TPSA) is 56.6 Å². The lowest BCUT2D eigenvalue weighted by molar-refractivity contribution is -0.135. The van der Waals surface area contributed by atoms with Crippen molar-refractivity contribution in [2.24, 2.45) is 13.0 Å². The first kappa shape index (κ1) is 22.6. The van der Waals surface area contributed by atoms with Crippen molar-refractivity contribution in [1.82, 2.24) is 14.7 Å². The summed E-state index contributed by atoms with van der Waals surface area (Å²) >= 11 is 0. The predicted octanol–water partition coefficient (Wildman–Crippen LogP) is 4.82. The molecule has 6 heteroatoms. The molecule has 0 spiro atoms. The van der Waals surface area contributed by atoms with Gasteiger partial charge in [-0.1, -0.05) is 56.3 Å². The van der Waals surface area contributed by atoms with Crippen molar-refractivity contribution in [1.29, 1.82) is 0 Å². The summed E-state index contributed by atoms with van der Waals surface area (Å²) in [5, 5.41) is 4.76. The van der Waals surface area contributed by atoms with E-state index in [0.29, 0.717) is 25.6 Å². The van der Waals surface area contributed by atoms with Gasteiger partial charge in [0, 0.05) is 32.2 Å². The van der Waals surface area contributed by atoms with Crippen LogP contribution < -0.4 is 4.74 Å². The fraction of sp³-hybridized carbons (Fsp3) is 0.360. The number of carbonyl (C=O) groups excluding carboxylic acids is 1. The first-order chi connectivity index (χ1) is 14.9. The Morgan fingerprint density at radius 2 is 1.87 bits per heavy atom. The monoisotopic (exact) mass is 421 g/mol. The molecule has 1 aromatic heterocycles. The van der Waals surface area contributed by atoms with Crippen LogP contribution in [-0.4, -0.2) is 40.8 Å². The van der Waals surface area contributed by atoms with Crippen LogP contribution >= 0.6 is 0 Å². The number of aromatic nitrogens is 2. The Bertz CT molecular complexity index is 1010. The molecule has 6 nitrogen and oxygen atoms in total. The molecular weight excluding hydrogens is 390 g/mol. The van der Waals surface area contributed by atoms with Crippen LogP contribution in [0.15, 0.2) is 54.6 Å². The summed E-state index contributed by atoms with van der Waals surface area (Å²) < 4.78 is 13.3. The van der Waals surface area contributed by atoms with Gasteiger partial charge in [0.25, 0.3) is 0 Å². The van der Waals surface area contributed by atoms with Crippen LogP contribution in [0, 0.1) is 12.8 Å². The smallest absolute Gasteiger partial charge is 0.225 e. The first-order valence-electron chi connectivity index (χ1n) is 10.5. The molecule has 0 atom stereocenters. The molecule has 1 amide bonds. The van der Waals surface area contributed by atoms with Crippen LogP contribution in [0.2, 0.25) is 0 Å². The Labute approximate surface area is 184 Å². The number of ether oxygens (including phenoxy) is 2. The van der Waals surface area contributed by atoms with Crippen molar-refractivity contribution in [3.05, 3.63) is 65.7 Å². The second-order valence-electron chi connectivity index (χ2n) is 7.95. The number of nitrogens with zero attached hydrogens (tertiary/aromatic N) is 3. The molecule has 0 unspecified atom stereocenters. The Morgan fingerprint density at radius 1 is 1.13 bits per heavy atom. The molecule has 0 aliphatic carbocycles. The summed E-state index contributed by atoms with van der Waals surface area (Å²) in [6, 6.07) is 17.9. The Balaban J connectivity index is 2.06. The standard InChI is InChI=1S/C25H31N3O3/c1-18(2)24(29)28(14-15-30-5)17-22-23(20-11-7-6-8-12-20)26-27(4)25(22)31-21-13-9-10-19(3)16-21/h6-13,16,18H,14-15,17H2,1-5H3. The van der Waals surface area contributed by atoms with Crippen molar-refractivity contribution in [2.45, 2.75) is 27.3 Å². The van der Waals surface area contributed by atoms with E-state index >= 15 is 0 Å². The van der Waals surface area contributed by atoms with E-state index in [0.717, 1.165) is 28.1 Å². The minimum absolute atomic E-state index is 0.0708. The summed E-state index contributed by atoms with van der Waals surface area (Å²) in [4.78, 5) is 14.7. The molecule has 0 fully saturated rings. The summed E-state index contributed by atoms with van der Waals surface area (Å²) in [6.07, 6.45) is 0. The number of hydrogen-bond acceptors (Lipinski definition) is 4. The minimum Gasteiger partial charge on any atom is -0.439 e. The number of amides is 1. The second kappa shape index (κ2) is 10.3. The van der Waals surface area contributed by atoms with Gasteiger partial charge in [-0.25, -0.2) is 4.68 Å². The average Bonchev–Trinajstić information content (AvgIpc) is 3.06. The molecule has 1 heterocycles. The fourth-order valence-electron chi connectivity index (χ4n) is 3.47. The third-order valence-corrected chi connectivity index (χ3v) is 5.06. The maximum Gasteiger partial charge on any atom is 0.225 e. The molecule has 31 heavy (non-hydrogen) atoms. The zero-order chi connectivity index (χ0) is 22.4. The SMILES string of the molecule is COCCN(Cc1c(-c2ccccc2)nn(C)c1Oc1cccc(C)c1)C(=O)C(C)C. The maximum atomic E-state index is 12.9. The van der Waals surface area contributed by atoms with E-state index in [4.69, 9.17) is 14.6 Å². The van der Waals surface area contributed by atoms with Crippen molar-refractivity contribution in [2.75, 3.05) is 20.3 Å². The molecular formula is C25H31N3O3. The average molecular weight is 422 g/mol. The molecule has 164 valence electrons. The number of aryl methyl sites for hydroxylation is 2. The Kier molecular flexibility index (Phi) is 7.47. The van der Waals surface area contributed by atoms with Gasteiger partial charge in [0.1, 0.15) is 11.4 Å². The largest absolute Gasteiger partial charge is 0.439 e. The summed E-state index contributed by atoms with van der Waals surface area (Å²) in [5.74, 6) is 1.32. The van der Waals surface area contributed by atoms with Gasteiger partial charge in [0.2, 0.25) is 11.8 Å². The quantitative estimate of drug-likeness (QED) is 0.497. The molecule has 0 radical (unpaired) electrons. The summed E-state index contributed by atoms with van der Waals surface area (Å²) in [5.41, 5.74) is 3.78. The van der Waals surface area contributed by atoms with Crippen LogP contribution in [0.3, 0.4) is 0 Å². The number of methoxy groups -OCH3 is 1. The molecule has 0 aliphatic rings. The highest BCUT2D eigenvalue weighted by molar-refractivity contribution is 5.78. The zero-order valence-electron chi connectivity index (χ0n) is 19.0. The van der Waals surface area contributed by atoms with Gasteiger partial charge in [0.15, 0.2) is 0 Å². The van der Waals surface area contributed by atoms with Gasteiger partial charge >= 0.3 is 0 Å². The van der Waals surface area contributed by atoms with Crippen molar-refractivity contribution < 1.29 is 14.3 Å². The minimum atomic E-state index is -0.116. The van der Waals surface area contributed by atoms with E-state index in [2.05, 4.69) is 0 Å². The lowest BCUT2D eigenvalue weighted by Crippen LogP contribution is -2.36. The van der Waals surface area contributed by atoms with E-state index in [1.165, 1.54) is 0 Å². The van der Waals surface area contributed by atoms with Gasteiger partial charge in [-0.3, -0.25) is 4.79 Å². The molecule has 0 saturated carbocycles. The maximum absolute atomic E-state index is 12.9. The van der Waals surface area contributed by atoms with Gasteiger partial charge in [-0.15, -0.1) is 0 Å².